The molecule has 0 amide bonds. The maximum absolute atomic E-state index is 12.3. The number of carbonyl (C=O) groups is 3. The van der Waals surface area contributed by atoms with Gasteiger partial charge in [-0.1, -0.05) is 20.3 Å². The van der Waals surface area contributed by atoms with Crippen molar-refractivity contribution in [1.82, 2.24) is 0 Å². The molecule has 0 aromatic heterocycles. The Morgan fingerprint density at radius 2 is 2.13 bits per heavy atom. The second kappa shape index (κ2) is 6.56. The van der Waals surface area contributed by atoms with Crippen LogP contribution >= 0.6 is 0 Å². The lowest BCUT2D eigenvalue weighted by Gasteiger charge is -2.26. The first-order chi connectivity index (χ1) is 10.8. The molecule has 1 fully saturated rings. The smallest absolute Gasteiger partial charge is 0.346 e. The van der Waals surface area contributed by atoms with E-state index in [1.54, 1.807) is 6.08 Å². The maximum Gasteiger partial charge on any atom is 0.346 e. The molecule has 0 radical (unpaired) electrons. The van der Waals surface area contributed by atoms with Gasteiger partial charge in [-0.05, 0) is 31.4 Å². The second-order valence-corrected chi connectivity index (χ2v) is 6.24. The average Bonchev–Trinajstić information content (AvgIpc) is 2.99. The molecule has 0 aromatic carbocycles. The summed E-state index contributed by atoms with van der Waals surface area (Å²) in [4.78, 5) is 35.6. The molecule has 6 heteroatoms. The first kappa shape index (κ1) is 17.2. The minimum atomic E-state index is -1.13. The van der Waals surface area contributed by atoms with Gasteiger partial charge in [-0.25, -0.2) is 4.79 Å². The molecule has 2 aliphatic rings. The molecule has 3 atom stereocenters. The topological polar surface area (TPSA) is 78.9 Å². The predicted octanol–water partition coefficient (Wildman–Crippen LogP) is 2.08. The summed E-state index contributed by atoms with van der Waals surface area (Å²) in [6.07, 6.45) is 3.88. The van der Waals surface area contributed by atoms with Crippen molar-refractivity contribution in [1.29, 1.82) is 0 Å². The van der Waals surface area contributed by atoms with E-state index in [-0.39, 0.29) is 17.8 Å². The van der Waals surface area contributed by atoms with E-state index >= 15 is 0 Å². The van der Waals surface area contributed by atoms with Crippen LogP contribution in [0.3, 0.4) is 0 Å². The molecule has 0 spiro atoms. The highest BCUT2D eigenvalue weighted by molar-refractivity contribution is 6.24. The largest absolute Gasteiger partial charge is 0.482 e. The molecule has 0 bridgehead atoms. The van der Waals surface area contributed by atoms with Crippen molar-refractivity contribution in [2.24, 2.45) is 5.92 Å². The number of ether oxygens (including phenoxy) is 3. The summed E-state index contributed by atoms with van der Waals surface area (Å²) in [5.74, 6) is -1.22. The van der Waals surface area contributed by atoms with E-state index in [1.165, 1.54) is 7.11 Å². The third-order valence-corrected chi connectivity index (χ3v) is 4.20. The lowest BCUT2D eigenvalue weighted by atomic mass is 9.92. The number of allylic oxidation sites excluding steroid dienone is 1. The third-order valence-electron chi connectivity index (χ3n) is 4.20. The van der Waals surface area contributed by atoms with Crippen LogP contribution < -0.4 is 0 Å². The molecule has 6 nitrogen and oxygen atoms in total. The summed E-state index contributed by atoms with van der Waals surface area (Å²) in [6.45, 7) is 6.14. The summed E-state index contributed by atoms with van der Waals surface area (Å²) in [5, 5.41) is 0. The van der Waals surface area contributed by atoms with Crippen molar-refractivity contribution < 1.29 is 28.6 Å². The van der Waals surface area contributed by atoms with Crippen LogP contribution in [0.15, 0.2) is 23.5 Å². The molecule has 0 aliphatic carbocycles. The summed E-state index contributed by atoms with van der Waals surface area (Å²) < 4.78 is 15.3. The van der Waals surface area contributed by atoms with E-state index in [4.69, 9.17) is 9.47 Å². The number of rotatable bonds is 5. The van der Waals surface area contributed by atoms with Crippen LogP contribution in [0.25, 0.3) is 0 Å². The molecule has 0 saturated carbocycles. The van der Waals surface area contributed by atoms with Gasteiger partial charge in [0.2, 0.25) is 5.78 Å². The summed E-state index contributed by atoms with van der Waals surface area (Å²) in [7, 11) is 1.21. The minimum absolute atomic E-state index is 0.122. The van der Waals surface area contributed by atoms with Crippen LogP contribution in [-0.2, 0) is 28.6 Å². The van der Waals surface area contributed by atoms with Crippen LogP contribution in [-0.4, -0.2) is 36.5 Å². The van der Waals surface area contributed by atoms with Gasteiger partial charge in [-0.2, -0.15) is 0 Å². The second-order valence-electron chi connectivity index (χ2n) is 6.24. The quantitative estimate of drug-likeness (QED) is 0.438. The number of Topliss-reactive ketones (excluding diaryl/α,β-unsaturated/α-hetero) is 1. The molecule has 2 aliphatic heterocycles. The normalized spacial score (nSPS) is 31.0. The molecule has 0 unspecified atom stereocenters. The zero-order valence-corrected chi connectivity index (χ0v) is 13.9. The Hall–Kier alpha value is -2.11. The molecule has 2 rings (SSSR count). The van der Waals surface area contributed by atoms with Crippen molar-refractivity contribution in [2.45, 2.75) is 51.7 Å². The fourth-order valence-corrected chi connectivity index (χ4v) is 2.75. The van der Waals surface area contributed by atoms with Gasteiger partial charge in [0.25, 0.3) is 0 Å². The molecule has 23 heavy (non-hydrogen) atoms. The Kier molecular flexibility index (Phi) is 4.92. The van der Waals surface area contributed by atoms with E-state index in [2.05, 4.69) is 18.6 Å². The Labute approximate surface area is 135 Å². The van der Waals surface area contributed by atoms with Crippen molar-refractivity contribution in [3.63, 3.8) is 0 Å². The fourth-order valence-electron chi connectivity index (χ4n) is 2.75. The van der Waals surface area contributed by atoms with E-state index in [0.717, 1.165) is 12.8 Å². The van der Waals surface area contributed by atoms with E-state index < -0.39 is 29.4 Å². The number of methoxy groups -OCH3 is 1. The van der Waals surface area contributed by atoms with Gasteiger partial charge in [-0.15, -0.1) is 0 Å². The maximum atomic E-state index is 12.3. The van der Waals surface area contributed by atoms with Crippen LogP contribution in [0.5, 0.6) is 0 Å². The Morgan fingerprint density at radius 3 is 2.74 bits per heavy atom. The highest BCUT2D eigenvalue weighted by Gasteiger charge is 2.44. The molecule has 0 aromatic rings. The zero-order valence-electron chi connectivity index (χ0n) is 13.9. The number of cyclic esters (lactones) is 1. The van der Waals surface area contributed by atoms with Crippen LogP contribution in [0.4, 0.5) is 0 Å². The van der Waals surface area contributed by atoms with Crippen molar-refractivity contribution in [2.75, 3.05) is 7.11 Å². The van der Waals surface area contributed by atoms with Crippen molar-refractivity contribution >= 4 is 17.7 Å². The number of hydrogen-bond acceptors (Lipinski definition) is 6. The highest BCUT2D eigenvalue weighted by Crippen LogP contribution is 2.36. The number of esters is 2. The fraction of sp³-hybridized carbons (Fsp3) is 0.588. The van der Waals surface area contributed by atoms with Gasteiger partial charge < -0.3 is 14.2 Å². The summed E-state index contributed by atoms with van der Waals surface area (Å²) in [5.41, 5.74) is -0.665. The lowest BCUT2D eigenvalue weighted by Crippen LogP contribution is -2.25. The molecule has 1 saturated heterocycles. The Morgan fingerprint density at radius 1 is 1.43 bits per heavy atom. The predicted molar refractivity (Wildman–Crippen MR) is 81.2 cm³/mol. The highest BCUT2D eigenvalue weighted by atomic mass is 16.6. The monoisotopic (exact) mass is 322 g/mol. The van der Waals surface area contributed by atoms with Crippen LogP contribution in [0.2, 0.25) is 0 Å². The first-order valence-corrected chi connectivity index (χ1v) is 7.74. The average molecular weight is 322 g/mol. The van der Waals surface area contributed by atoms with Crippen molar-refractivity contribution in [3.8, 4) is 0 Å². The SMILES string of the molecule is CC[C@H](C)C[C@]1(C)C=C/C(=C2/C(=O)O[C@@H](CC(=O)OC)C2=O)O1. The van der Waals surface area contributed by atoms with E-state index in [1.807, 2.05) is 13.0 Å². The molecular formula is C17H22O6. The van der Waals surface area contributed by atoms with Crippen LogP contribution in [0.1, 0.15) is 40.0 Å². The summed E-state index contributed by atoms with van der Waals surface area (Å²) >= 11 is 0. The molecular weight excluding hydrogens is 300 g/mol. The van der Waals surface area contributed by atoms with Gasteiger partial charge >= 0.3 is 11.9 Å². The molecule has 126 valence electrons. The first-order valence-electron chi connectivity index (χ1n) is 7.74. The molecule has 2 heterocycles. The third kappa shape index (κ3) is 3.63. The van der Waals surface area contributed by atoms with E-state index in [0.29, 0.717) is 5.92 Å². The Balaban J connectivity index is 2.17. The van der Waals surface area contributed by atoms with Gasteiger partial charge in [0, 0.05) is 0 Å². The van der Waals surface area contributed by atoms with Crippen molar-refractivity contribution in [3.05, 3.63) is 23.5 Å². The Bertz CT molecular complexity index is 588. The lowest BCUT2D eigenvalue weighted by molar-refractivity contribution is -0.149. The van der Waals surface area contributed by atoms with Gasteiger partial charge in [0.15, 0.2) is 6.10 Å². The number of hydrogen-bond donors (Lipinski definition) is 0. The van der Waals surface area contributed by atoms with Gasteiger partial charge in [0.1, 0.15) is 16.9 Å². The minimum Gasteiger partial charge on any atom is -0.482 e. The number of carbonyl (C=O) groups excluding carboxylic acids is 3. The standard InChI is InChI=1S/C17H22O6/c1-5-10(2)9-17(3)7-6-11(23-17)14-15(19)12(22-16(14)20)8-13(18)21-4/h6-7,10,12H,5,8-9H2,1-4H3/b14-11-/t10-,12-,17-/m0/s1. The van der Waals surface area contributed by atoms with Gasteiger partial charge in [-0.3, -0.25) is 9.59 Å². The molecule has 0 N–H and O–H groups in total. The zero-order chi connectivity index (χ0) is 17.2. The summed E-state index contributed by atoms with van der Waals surface area (Å²) in [6, 6.07) is 0. The van der Waals surface area contributed by atoms with Crippen LogP contribution in [0, 0.1) is 5.92 Å². The van der Waals surface area contributed by atoms with Gasteiger partial charge in [0.05, 0.1) is 13.5 Å². The van der Waals surface area contributed by atoms with E-state index in [9.17, 15) is 14.4 Å². The number of ketones is 1.